The quantitative estimate of drug-likeness (QED) is 0.768. The van der Waals surface area contributed by atoms with Crippen LogP contribution in [-0.4, -0.2) is 15.9 Å². The summed E-state index contributed by atoms with van der Waals surface area (Å²) in [6.07, 6.45) is 3.16. The first-order valence-corrected chi connectivity index (χ1v) is 7.97. The monoisotopic (exact) mass is 345 g/mol. The Bertz CT molecular complexity index is 924. The van der Waals surface area contributed by atoms with Gasteiger partial charge in [0.25, 0.3) is 5.91 Å². The third-order valence-electron chi connectivity index (χ3n) is 3.46. The highest BCUT2D eigenvalue weighted by Gasteiger charge is 2.19. The van der Waals surface area contributed by atoms with E-state index in [4.69, 9.17) is 0 Å². The zero-order chi connectivity index (χ0) is 17.3. The molecule has 1 amide bonds. The van der Waals surface area contributed by atoms with Crippen molar-refractivity contribution in [1.82, 2.24) is 9.97 Å². The van der Waals surface area contributed by atoms with E-state index in [0.29, 0.717) is 16.3 Å². The van der Waals surface area contributed by atoms with Crippen molar-refractivity contribution < 1.29 is 13.6 Å². The number of benzene rings is 1. The van der Waals surface area contributed by atoms with Gasteiger partial charge in [-0.15, -0.1) is 11.3 Å². The smallest absolute Gasteiger partial charge is 0.260 e. The first kappa shape index (κ1) is 16.2. The Morgan fingerprint density at radius 2 is 2.04 bits per heavy atom. The first-order chi connectivity index (χ1) is 11.5. The molecule has 0 fully saturated rings. The summed E-state index contributed by atoms with van der Waals surface area (Å²) in [7, 11) is 0. The van der Waals surface area contributed by atoms with Crippen LogP contribution < -0.4 is 5.32 Å². The number of hydrogen-bond acceptors (Lipinski definition) is 4. The van der Waals surface area contributed by atoms with E-state index >= 15 is 0 Å². The highest BCUT2D eigenvalue weighted by atomic mass is 32.1. The maximum absolute atomic E-state index is 14.1. The van der Waals surface area contributed by atoms with Crippen molar-refractivity contribution in [3.05, 3.63) is 64.4 Å². The molecule has 0 saturated heterocycles. The second kappa shape index (κ2) is 6.45. The zero-order valence-electron chi connectivity index (χ0n) is 12.9. The van der Waals surface area contributed by atoms with E-state index in [9.17, 15) is 13.6 Å². The summed E-state index contributed by atoms with van der Waals surface area (Å²) in [6, 6.07) is 4.14. The summed E-state index contributed by atoms with van der Waals surface area (Å²) >= 11 is 1.22. The Kier molecular flexibility index (Phi) is 4.35. The van der Waals surface area contributed by atoms with Gasteiger partial charge in [0, 0.05) is 23.3 Å². The molecule has 0 bridgehead atoms. The molecule has 0 unspecified atom stereocenters. The molecule has 1 aromatic carbocycles. The summed E-state index contributed by atoms with van der Waals surface area (Å²) in [6.45, 7) is 3.61. The van der Waals surface area contributed by atoms with E-state index < -0.39 is 17.5 Å². The number of nitrogens with zero attached hydrogens (tertiary/aromatic N) is 2. The standard InChI is InChI=1S/C17H13F2N3OS/c1-9-3-4-20-7-13(9)11-5-12(15(19)14(18)6-11)16(23)22-17-21-10(2)8-24-17/h3-8H,1-2H3,(H,21,22,23). The van der Waals surface area contributed by atoms with Gasteiger partial charge < -0.3 is 0 Å². The van der Waals surface area contributed by atoms with Gasteiger partial charge in [0.2, 0.25) is 0 Å². The number of halogens is 2. The van der Waals surface area contributed by atoms with Crippen LogP contribution in [0.2, 0.25) is 0 Å². The highest BCUT2D eigenvalue weighted by molar-refractivity contribution is 7.13. The molecule has 3 aromatic rings. The number of thiazole rings is 1. The molecule has 7 heteroatoms. The number of rotatable bonds is 3. The van der Waals surface area contributed by atoms with E-state index in [1.165, 1.54) is 17.4 Å². The second-order valence-corrected chi connectivity index (χ2v) is 6.12. The number of pyridine rings is 1. The fourth-order valence-electron chi connectivity index (χ4n) is 2.25. The van der Waals surface area contributed by atoms with Crippen LogP contribution in [0.5, 0.6) is 0 Å². The normalized spacial score (nSPS) is 10.7. The number of carbonyl (C=O) groups is 1. The number of nitrogens with one attached hydrogen (secondary N) is 1. The van der Waals surface area contributed by atoms with Gasteiger partial charge in [0.15, 0.2) is 16.8 Å². The van der Waals surface area contributed by atoms with E-state index in [-0.39, 0.29) is 5.56 Å². The molecule has 0 aliphatic rings. The van der Waals surface area contributed by atoms with E-state index in [1.54, 1.807) is 30.8 Å². The predicted octanol–water partition coefficient (Wildman–Crippen LogP) is 4.35. The molecule has 0 atom stereocenters. The van der Waals surface area contributed by atoms with E-state index in [0.717, 1.165) is 17.3 Å². The molecule has 0 saturated carbocycles. The van der Waals surface area contributed by atoms with Crippen LogP contribution in [0.25, 0.3) is 11.1 Å². The lowest BCUT2D eigenvalue weighted by Crippen LogP contribution is -2.15. The van der Waals surface area contributed by atoms with Crippen molar-refractivity contribution in [2.75, 3.05) is 5.32 Å². The average Bonchev–Trinajstić information content (AvgIpc) is 2.95. The fourth-order valence-corrected chi connectivity index (χ4v) is 2.94. The van der Waals surface area contributed by atoms with Gasteiger partial charge in [0.1, 0.15) is 0 Å². The predicted molar refractivity (Wildman–Crippen MR) is 89.1 cm³/mol. The Labute approximate surface area is 141 Å². The van der Waals surface area contributed by atoms with Crippen LogP contribution >= 0.6 is 11.3 Å². The molecule has 122 valence electrons. The average molecular weight is 345 g/mol. The van der Waals surface area contributed by atoms with Crippen LogP contribution in [0.4, 0.5) is 13.9 Å². The Hall–Kier alpha value is -2.67. The van der Waals surface area contributed by atoms with Crippen LogP contribution in [0.3, 0.4) is 0 Å². The van der Waals surface area contributed by atoms with Gasteiger partial charge in [-0.2, -0.15) is 0 Å². The number of aryl methyl sites for hydroxylation is 2. The van der Waals surface area contributed by atoms with Crippen LogP contribution in [-0.2, 0) is 0 Å². The first-order valence-electron chi connectivity index (χ1n) is 7.09. The van der Waals surface area contributed by atoms with E-state index in [2.05, 4.69) is 15.3 Å². The molecule has 3 rings (SSSR count). The van der Waals surface area contributed by atoms with Crippen LogP contribution in [0, 0.1) is 25.5 Å². The minimum absolute atomic E-state index is 0.334. The highest BCUT2D eigenvalue weighted by Crippen LogP contribution is 2.27. The van der Waals surface area contributed by atoms with Gasteiger partial charge in [-0.1, -0.05) is 0 Å². The Morgan fingerprint density at radius 1 is 1.25 bits per heavy atom. The lowest BCUT2D eigenvalue weighted by Gasteiger charge is -2.09. The van der Waals surface area contributed by atoms with Crippen molar-refractivity contribution in [2.45, 2.75) is 13.8 Å². The van der Waals surface area contributed by atoms with Gasteiger partial charge in [-0.25, -0.2) is 13.8 Å². The third kappa shape index (κ3) is 3.16. The zero-order valence-corrected chi connectivity index (χ0v) is 13.7. The maximum Gasteiger partial charge on any atom is 0.260 e. The second-order valence-electron chi connectivity index (χ2n) is 5.26. The summed E-state index contributed by atoms with van der Waals surface area (Å²) in [4.78, 5) is 20.4. The number of carbonyl (C=O) groups excluding carboxylic acids is 1. The molecular weight excluding hydrogens is 332 g/mol. The SMILES string of the molecule is Cc1csc(NC(=O)c2cc(-c3cnccc3C)cc(F)c2F)n1. The van der Waals surface area contributed by atoms with Gasteiger partial charge in [0.05, 0.1) is 11.3 Å². The van der Waals surface area contributed by atoms with Crippen LogP contribution in [0.15, 0.2) is 36.0 Å². The summed E-state index contributed by atoms with van der Waals surface area (Å²) in [5.41, 5.74) is 2.23. The minimum atomic E-state index is -1.19. The van der Waals surface area contributed by atoms with Gasteiger partial charge in [-0.3, -0.25) is 15.1 Å². The summed E-state index contributed by atoms with van der Waals surface area (Å²) in [5.74, 6) is -3.02. The topological polar surface area (TPSA) is 54.9 Å². The number of amides is 1. The van der Waals surface area contributed by atoms with E-state index in [1.807, 2.05) is 6.92 Å². The molecule has 0 spiro atoms. The van der Waals surface area contributed by atoms with Gasteiger partial charge in [-0.05, 0) is 43.2 Å². The Morgan fingerprint density at radius 3 is 2.71 bits per heavy atom. The van der Waals surface area contributed by atoms with Gasteiger partial charge >= 0.3 is 0 Å². The van der Waals surface area contributed by atoms with Crippen molar-refractivity contribution in [1.29, 1.82) is 0 Å². The van der Waals surface area contributed by atoms with Crippen LogP contribution in [0.1, 0.15) is 21.6 Å². The number of anilines is 1. The number of hydrogen-bond donors (Lipinski definition) is 1. The Balaban J connectivity index is 2.01. The number of aromatic nitrogens is 2. The summed E-state index contributed by atoms with van der Waals surface area (Å²) < 4.78 is 28.1. The maximum atomic E-state index is 14.1. The van der Waals surface area contributed by atoms with Crippen molar-refractivity contribution >= 4 is 22.4 Å². The molecule has 2 aromatic heterocycles. The molecule has 24 heavy (non-hydrogen) atoms. The molecule has 4 nitrogen and oxygen atoms in total. The molecular formula is C17H13F2N3OS. The van der Waals surface area contributed by atoms with Crippen molar-refractivity contribution in [3.8, 4) is 11.1 Å². The largest absolute Gasteiger partial charge is 0.298 e. The lowest BCUT2D eigenvalue weighted by atomic mass is 10.00. The lowest BCUT2D eigenvalue weighted by molar-refractivity contribution is 0.102. The molecule has 1 N–H and O–H groups in total. The summed E-state index contributed by atoms with van der Waals surface area (Å²) in [5, 5.41) is 4.57. The van der Waals surface area contributed by atoms with Crippen molar-refractivity contribution in [3.63, 3.8) is 0 Å². The molecule has 0 aliphatic heterocycles. The van der Waals surface area contributed by atoms with Crippen molar-refractivity contribution in [2.24, 2.45) is 0 Å². The molecule has 0 radical (unpaired) electrons. The molecule has 2 heterocycles. The minimum Gasteiger partial charge on any atom is -0.298 e. The molecule has 0 aliphatic carbocycles. The third-order valence-corrected chi connectivity index (χ3v) is 4.34. The fraction of sp³-hybridized carbons (Fsp3) is 0.118.